The lowest BCUT2D eigenvalue weighted by atomic mass is 9.99. The summed E-state index contributed by atoms with van der Waals surface area (Å²) in [6.45, 7) is 2.24. The molecule has 1 aromatic rings. The molecule has 9 nitrogen and oxygen atoms in total. The zero-order chi connectivity index (χ0) is 22.7. The monoisotopic (exact) mass is 433 g/mol. The molecular weight excluding hydrogens is 405 g/mol. The Morgan fingerprint density at radius 1 is 1.19 bits per heavy atom. The van der Waals surface area contributed by atoms with E-state index in [2.05, 4.69) is 0 Å². The smallest absolute Gasteiger partial charge is 0.264 e. The predicted molar refractivity (Wildman–Crippen MR) is 110 cm³/mol. The molecule has 0 bridgehead atoms. The van der Waals surface area contributed by atoms with E-state index in [0.717, 1.165) is 17.7 Å². The third kappa shape index (κ3) is 4.70. The number of likely N-dealkylation sites (tertiary alicyclic amines) is 1. The topological polar surface area (TPSA) is 133 Å². The summed E-state index contributed by atoms with van der Waals surface area (Å²) >= 11 is 0. The highest BCUT2D eigenvalue weighted by atomic mass is 19.1. The van der Waals surface area contributed by atoms with Gasteiger partial charge in [-0.1, -0.05) is 18.6 Å². The quantitative estimate of drug-likeness (QED) is 0.509. The average Bonchev–Trinajstić information content (AvgIpc) is 2.73. The van der Waals surface area contributed by atoms with Crippen LogP contribution < -0.4 is 11.5 Å². The number of piperidine rings is 1. The van der Waals surface area contributed by atoms with Crippen LogP contribution in [0, 0.1) is 5.82 Å². The standard InChI is InChI=1S/C21H28FN5O4/c1-2-26-20(30)17(16(28)12-25-10-4-3-5-15(25)19(24)29)18(23)27(21(26)31)11-13-6-8-14(22)9-7-13/h6-9,15,21,31H,2-5,10-12,23H2,1H3,(H2,24,29)/t15-,21?/m1/s1. The summed E-state index contributed by atoms with van der Waals surface area (Å²) in [5.74, 6) is -2.26. The highest BCUT2D eigenvalue weighted by molar-refractivity contribution is 6.21. The first kappa shape index (κ1) is 22.7. The Labute approximate surface area is 180 Å². The summed E-state index contributed by atoms with van der Waals surface area (Å²) < 4.78 is 13.2. The molecule has 2 aliphatic rings. The first-order valence-electron chi connectivity index (χ1n) is 10.3. The number of aliphatic hydroxyl groups is 1. The van der Waals surface area contributed by atoms with Crippen molar-refractivity contribution in [1.82, 2.24) is 14.7 Å². The summed E-state index contributed by atoms with van der Waals surface area (Å²) in [7, 11) is 0. The van der Waals surface area contributed by atoms with Crippen molar-refractivity contribution in [2.24, 2.45) is 11.5 Å². The zero-order valence-corrected chi connectivity index (χ0v) is 17.5. The third-order valence-corrected chi connectivity index (χ3v) is 5.77. The Morgan fingerprint density at radius 2 is 1.87 bits per heavy atom. The van der Waals surface area contributed by atoms with Crippen LogP contribution in [0.5, 0.6) is 0 Å². The number of hydrogen-bond donors (Lipinski definition) is 3. The molecule has 1 saturated heterocycles. The van der Waals surface area contributed by atoms with E-state index in [-0.39, 0.29) is 31.0 Å². The number of Topliss-reactive ketones (excluding diaryl/α,β-unsaturated/α-hetero) is 1. The molecule has 0 radical (unpaired) electrons. The van der Waals surface area contributed by atoms with Crippen LogP contribution in [0.15, 0.2) is 35.7 Å². The van der Waals surface area contributed by atoms with Crippen molar-refractivity contribution in [1.29, 1.82) is 0 Å². The van der Waals surface area contributed by atoms with Crippen LogP contribution >= 0.6 is 0 Å². The number of nitrogens with zero attached hydrogens (tertiary/aromatic N) is 3. The Kier molecular flexibility index (Phi) is 6.91. The van der Waals surface area contributed by atoms with E-state index in [4.69, 9.17) is 11.5 Å². The van der Waals surface area contributed by atoms with Crippen molar-refractivity contribution in [3.8, 4) is 0 Å². The second-order valence-corrected chi connectivity index (χ2v) is 7.76. The molecule has 2 aliphatic heterocycles. The fraction of sp³-hybridized carbons (Fsp3) is 0.476. The molecule has 1 unspecified atom stereocenters. The van der Waals surface area contributed by atoms with Crippen molar-refractivity contribution < 1.29 is 23.9 Å². The van der Waals surface area contributed by atoms with Crippen LogP contribution in [0.4, 0.5) is 4.39 Å². The zero-order valence-electron chi connectivity index (χ0n) is 17.5. The molecule has 168 valence electrons. The molecule has 5 N–H and O–H groups in total. The molecule has 1 fully saturated rings. The lowest BCUT2D eigenvalue weighted by Gasteiger charge is -2.42. The van der Waals surface area contributed by atoms with E-state index in [0.29, 0.717) is 18.5 Å². The highest BCUT2D eigenvalue weighted by Crippen LogP contribution is 2.25. The van der Waals surface area contributed by atoms with Gasteiger partial charge in [-0.3, -0.25) is 24.2 Å². The van der Waals surface area contributed by atoms with Crippen molar-refractivity contribution >= 4 is 17.6 Å². The Hall–Kier alpha value is -2.98. The van der Waals surface area contributed by atoms with E-state index < -0.39 is 35.8 Å². The number of likely N-dealkylation sites (N-methyl/N-ethyl adjacent to an activating group) is 1. The van der Waals surface area contributed by atoms with E-state index in [9.17, 15) is 23.9 Å². The van der Waals surface area contributed by atoms with Gasteiger partial charge in [0.15, 0.2) is 5.78 Å². The summed E-state index contributed by atoms with van der Waals surface area (Å²) in [4.78, 5) is 42.0. The van der Waals surface area contributed by atoms with Crippen LogP contribution in [0.1, 0.15) is 31.7 Å². The number of primary amides is 1. The normalized spacial score (nSPS) is 22.7. The molecule has 2 atom stereocenters. The van der Waals surface area contributed by atoms with Gasteiger partial charge in [0.1, 0.15) is 17.2 Å². The lowest BCUT2D eigenvalue weighted by molar-refractivity contribution is -0.158. The van der Waals surface area contributed by atoms with Gasteiger partial charge in [-0.25, -0.2) is 4.39 Å². The number of carbonyl (C=O) groups excluding carboxylic acids is 3. The van der Waals surface area contributed by atoms with Gasteiger partial charge in [0.25, 0.3) is 5.91 Å². The summed E-state index contributed by atoms with van der Waals surface area (Å²) in [5.41, 5.74) is 12.1. The molecule has 1 aromatic carbocycles. The number of amides is 2. The van der Waals surface area contributed by atoms with Crippen LogP contribution in [0.2, 0.25) is 0 Å². The minimum absolute atomic E-state index is 0.0709. The minimum atomic E-state index is -1.37. The van der Waals surface area contributed by atoms with Gasteiger partial charge in [0.2, 0.25) is 12.3 Å². The van der Waals surface area contributed by atoms with Crippen molar-refractivity contribution in [2.75, 3.05) is 19.6 Å². The maximum absolute atomic E-state index is 13.2. The minimum Gasteiger partial charge on any atom is -0.384 e. The second kappa shape index (κ2) is 9.44. The average molecular weight is 433 g/mol. The van der Waals surface area contributed by atoms with E-state index in [1.165, 1.54) is 29.2 Å². The van der Waals surface area contributed by atoms with Gasteiger partial charge in [-0.05, 0) is 44.0 Å². The van der Waals surface area contributed by atoms with Gasteiger partial charge < -0.3 is 21.5 Å². The molecule has 10 heteroatoms. The van der Waals surface area contributed by atoms with Gasteiger partial charge in [-0.2, -0.15) is 0 Å². The number of carbonyl (C=O) groups is 3. The first-order valence-corrected chi connectivity index (χ1v) is 10.3. The van der Waals surface area contributed by atoms with Gasteiger partial charge in [0, 0.05) is 13.1 Å². The fourth-order valence-electron chi connectivity index (χ4n) is 4.08. The number of hydrogen-bond acceptors (Lipinski definition) is 7. The van der Waals surface area contributed by atoms with Gasteiger partial charge in [-0.15, -0.1) is 0 Å². The number of nitrogens with two attached hydrogens (primary N) is 2. The van der Waals surface area contributed by atoms with E-state index in [1.54, 1.807) is 11.8 Å². The SMILES string of the molecule is CCN1C(=O)C(C(=O)CN2CCCC[C@@H]2C(N)=O)=C(N)N(Cc2ccc(F)cc2)C1O. The highest BCUT2D eigenvalue weighted by Gasteiger charge is 2.41. The molecule has 2 amide bonds. The van der Waals surface area contributed by atoms with Gasteiger partial charge in [0.05, 0.1) is 12.6 Å². The van der Waals surface area contributed by atoms with Crippen LogP contribution in [-0.4, -0.2) is 69.4 Å². The molecule has 31 heavy (non-hydrogen) atoms. The summed E-state index contributed by atoms with van der Waals surface area (Å²) in [5, 5.41) is 10.7. The molecular formula is C21H28FN5O4. The van der Waals surface area contributed by atoms with Crippen LogP contribution in [0.25, 0.3) is 0 Å². The number of rotatable bonds is 7. The molecule has 0 saturated carbocycles. The van der Waals surface area contributed by atoms with Crippen LogP contribution in [-0.2, 0) is 20.9 Å². The van der Waals surface area contributed by atoms with Crippen LogP contribution in [0.3, 0.4) is 0 Å². The molecule has 2 heterocycles. The molecule has 3 rings (SSSR count). The third-order valence-electron chi connectivity index (χ3n) is 5.77. The second-order valence-electron chi connectivity index (χ2n) is 7.76. The Bertz CT molecular complexity index is 888. The van der Waals surface area contributed by atoms with Crippen molar-refractivity contribution in [2.45, 2.75) is 45.1 Å². The Balaban J connectivity index is 1.90. The number of ketones is 1. The van der Waals surface area contributed by atoms with E-state index in [1.807, 2.05) is 0 Å². The fourth-order valence-corrected chi connectivity index (χ4v) is 4.08. The van der Waals surface area contributed by atoms with Crippen molar-refractivity contribution in [3.63, 3.8) is 0 Å². The summed E-state index contributed by atoms with van der Waals surface area (Å²) in [6.07, 6.45) is 0.841. The molecule has 0 aliphatic carbocycles. The maximum Gasteiger partial charge on any atom is 0.264 e. The predicted octanol–water partition coefficient (Wildman–Crippen LogP) is -0.155. The number of aliphatic hydroxyl groups excluding tert-OH is 1. The van der Waals surface area contributed by atoms with Crippen molar-refractivity contribution in [3.05, 3.63) is 47.0 Å². The maximum atomic E-state index is 13.2. The first-order chi connectivity index (χ1) is 14.7. The largest absolute Gasteiger partial charge is 0.384 e. The lowest BCUT2D eigenvalue weighted by Crippen LogP contribution is -2.58. The van der Waals surface area contributed by atoms with Gasteiger partial charge >= 0.3 is 0 Å². The summed E-state index contributed by atoms with van der Waals surface area (Å²) in [6, 6.07) is 5.06. The Morgan fingerprint density at radius 3 is 2.48 bits per heavy atom. The molecule has 0 aromatic heterocycles. The number of benzene rings is 1. The number of halogens is 1. The molecule has 0 spiro atoms. The van der Waals surface area contributed by atoms with E-state index >= 15 is 0 Å².